The van der Waals surface area contributed by atoms with Gasteiger partial charge in [-0.05, 0) is 36.4 Å². The SMILES string of the molecule is O=C(NCc1c(F)cccc1F)c1ccc2[nH]ccc2c1. The van der Waals surface area contributed by atoms with Crippen molar-refractivity contribution >= 4 is 16.8 Å². The normalized spacial score (nSPS) is 10.8. The number of hydrogen-bond acceptors (Lipinski definition) is 1. The highest BCUT2D eigenvalue weighted by atomic mass is 19.1. The van der Waals surface area contributed by atoms with Crippen molar-refractivity contribution in [2.45, 2.75) is 6.54 Å². The van der Waals surface area contributed by atoms with E-state index in [9.17, 15) is 13.6 Å². The summed E-state index contributed by atoms with van der Waals surface area (Å²) in [7, 11) is 0. The molecule has 0 spiro atoms. The summed E-state index contributed by atoms with van der Waals surface area (Å²) in [4.78, 5) is 15.1. The van der Waals surface area contributed by atoms with Crippen molar-refractivity contribution in [1.82, 2.24) is 10.3 Å². The minimum atomic E-state index is -0.670. The Hall–Kier alpha value is -2.69. The van der Waals surface area contributed by atoms with Crippen LogP contribution in [0, 0.1) is 11.6 Å². The lowest BCUT2D eigenvalue weighted by atomic mass is 10.1. The third kappa shape index (κ3) is 2.63. The van der Waals surface area contributed by atoms with Crippen molar-refractivity contribution in [3.63, 3.8) is 0 Å². The molecule has 0 saturated heterocycles. The molecule has 3 rings (SSSR count). The number of hydrogen-bond donors (Lipinski definition) is 2. The molecule has 0 radical (unpaired) electrons. The van der Waals surface area contributed by atoms with E-state index in [0.29, 0.717) is 5.56 Å². The average molecular weight is 286 g/mol. The minimum absolute atomic E-state index is 0.145. The molecule has 3 aromatic rings. The van der Waals surface area contributed by atoms with Crippen LogP contribution in [0.15, 0.2) is 48.7 Å². The number of nitrogens with one attached hydrogen (secondary N) is 2. The van der Waals surface area contributed by atoms with Gasteiger partial charge < -0.3 is 10.3 Å². The van der Waals surface area contributed by atoms with E-state index in [1.54, 1.807) is 24.4 Å². The van der Waals surface area contributed by atoms with Crippen LogP contribution in [0.3, 0.4) is 0 Å². The van der Waals surface area contributed by atoms with Gasteiger partial charge in [0.1, 0.15) is 11.6 Å². The molecule has 0 unspecified atom stereocenters. The summed E-state index contributed by atoms with van der Waals surface area (Å²) in [6.45, 7) is -0.192. The Labute approximate surface area is 119 Å². The van der Waals surface area contributed by atoms with E-state index >= 15 is 0 Å². The summed E-state index contributed by atoms with van der Waals surface area (Å²) in [5, 5.41) is 3.43. The molecule has 1 amide bonds. The van der Waals surface area contributed by atoms with Gasteiger partial charge in [-0.1, -0.05) is 6.07 Å². The number of benzene rings is 2. The lowest BCUT2D eigenvalue weighted by Gasteiger charge is -2.07. The lowest BCUT2D eigenvalue weighted by molar-refractivity contribution is 0.0950. The number of aromatic nitrogens is 1. The number of carbonyl (C=O) groups excluding carboxylic acids is 1. The van der Waals surface area contributed by atoms with E-state index in [2.05, 4.69) is 10.3 Å². The van der Waals surface area contributed by atoms with Gasteiger partial charge in [-0.15, -0.1) is 0 Å². The monoisotopic (exact) mass is 286 g/mol. The molecule has 0 aliphatic rings. The molecule has 3 nitrogen and oxygen atoms in total. The highest BCUT2D eigenvalue weighted by molar-refractivity contribution is 5.98. The Morgan fingerprint density at radius 1 is 1.10 bits per heavy atom. The highest BCUT2D eigenvalue weighted by Crippen LogP contribution is 2.15. The zero-order valence-corrected chi connectivity index (χ0v) is 11.0. The maximum atomic E-state index is 13.5. The van der Waals surface area contributed by atoms with Gasteiger partial charge in [0, 0.05) is 34.8 Å². The predicted octanol–water partition coefficient (Wildman–Crippen LogP) is 3.38. The topological polar surface area (TPSA) is 44.9 Å². The first kappa shape index (κ1) is 13.3. The van der Waals surface area contributed by atoms with Gasteiger partial charge in [-0.25, -0.2) is 8.78 Å². The Balaban J connectivity index is 1.77. The third-order valence-corrected chi connectivity index (χ3v) is 3.30. The molecule has 0 fully saturated rings. The second kappa shape index (κ2) is 5.36. The molecular formula is C16H12F2N2O. The van der Waals surface area contributed by atoms with E-state index in [1.807, 2.05) is 6.07 Å². The molecule has 21 heavy (non-hydrogen) atoms. The van der Waals surface area contributed by atoms with Gasteiger partial charge in [0.15, 0.2) is 0 Å². The third-order valence-electron chi connectivity index (χ3n) is 3.30. The Bertz CT molecular complexity index is 791. The Morgan fingerprint density at radius 3 is 2.62 bits per heavy atom. The lowest BCUT2D eigenvalue weighted by Crippen LogP contribution is -2.23. The Kier molecular flexibility index (Phi) is 3.39. The molecule has 0 saturated carbocycles. The van der Waals surface area contributed by atoms with Gasteiger partial charge in [-0.3, -0.25) is 4.79 Å². The van der Waals surface area contributed by atoms with Gasteiger partial charge >= 0.3 is 0 Å². The fourth-order valence-corrected chi connectivity index (χ4v) is 2.17. The summed E-state index contributed by atoms with van der Waals surface area (Å²) in [6.07, 6.45) is 1.78. The number of H-pyrrole nitrogens is 1. The van der Waals surface area contributed by atoms with Crippen LogP contribution in [0.2, 0.25) is 0 Å². The smallest absolute Gasteiger partial charge is 0.251 e. The zero-order chi connectivity index (χ0) is 14.8. The quantitative estimate of drug-likeness (QED) is 0.761. The van der Waals surface area contributed by atoms with Crippen molar-refractivity contribution < 1.29 is 13.6 Å². The van der Waals surface area contributed by atoms with Crippen LogP contribution in [0.25, 0.3) is 10.9 Å². The van der Waals surface area contributed by atoms with Crippen molar-refractivity contribution in [3.05, 3.63) is 71.4 Å². The van der Waals surface area contributed by atoms with Gasteiger partial charge in [0.2, 0.25) is 0 Å². The molecule has 1 aromatic heterocycles. The standard InChI is InChI=1S/C16H12F2N2O/c17-13-2-1-3-14(18)12(13)9-20-16(21)11-4-5-15-10(8-11)6-7-19-15/h1-8,19H,9H2,(H,20,21). The maximum absolute atomic E-state index is 13.5. The van der Waals surface area contributed by atoms with Crippen molar-refractivity contribution in [2.75, 3.05) is 0 Å². The molecule has 106 valence electrons. The van der Waals surface area contributed by atoms with Crippen LogP contribution in [0.5, 0.6) is 0 Å². The van der Waals surface area contributed by atoms with Crippen LogP contribution in [0.1, 0.15) is 15.9 Å². The number of rotatable bonds is 3. The predicted molar refractivity (Wildman–Crippen MR) is 75.8 cm³/mol. The van der Waals surface area contributed by atoms with E-state index in [0.717, 1.165) is 23.0 Å². The number of fused-ring (bicyclic) bond motifs is 1. The fraction of sp³-hybridized carbons (Fsp3) is 0.0625. The summed E-state index contributed by atoms with van der Waals surface area (Å²) in [6, 6.07) is 10.6. The number of amides is 1. The van der Waals surface area contributed by atoms with E-state index in [-0.39, 0.29) is 18.0 Å². The molecule has 0 atom stereocenters. The largest absolute Gasteiger partial charge is 0.361 e. The molecule has 5 heteroatoms. The maximum Gasteiger partial charge on any atom is 0.251 e. The van der Waals surface area contributed by atoms with Crippen LogP contribution in [-0.4, -0.2) is 10.9 Å². The average Bonchev–Trinajstić information content (AvgIpc) is 2.93. The van der Waals surface area contributed by atoms with Crippen molar-refractivity contribution in [1.29, 1.82) is 0 Å². The molecule has 0 aliphatic heterocycles. The van der Waals surface area contributed by atoms with Crippen LogP contribution in [0.4, 0.5) is 8.78 Å². The molecule has 0 bridgehead atoms. The first-order valence-electron chi connectivity index (χ1n) is 6.43. The van der Waals surface area contributed by atoms with Gasteiger partial charge in [-0.2, -0.15) is 0 Å². The number of carbonyl (C=O) groups is 1. The molecule has 2 aromatic carbocycles. The molecule has 2 N–H and O–H groups in total. The highest BCUT2D eigenvalue weighted by Gasteiger charge is 2.11. The first-order valence-corrected chi connectivity index (χ1v) is 6.43. The first-order chi connectivity index (χ1) is 10.1. The second-order valence-electron chi connectivity index (χ2n) is 4.66. The molecule has 0 aliphatic carbocycles. The van der Waals surface area contributed by atoms with Crippen LogP contribution >= 0.6 is 0 Å². The molecular weight excluding hydrogens is 274 g/mol. The van der Waals surface area contributed by atoms with Gasteiger partial charge in [0.05, 0.1) is 0 Å². The fourth-order valence-electron chi connectivity index (χ4n) is 2.17. The van der Waals surface area contributed by atoms with Crippen LogP contribution in [-0.2, 0) is 6.54 Å². The zero-order valence-electron chi connectivity index (χ0n) is 11.0. The summed E-state index contributed by atoms with van der Waals surface area (Å²) < 4.78 is 26.9. The van der Waals surface area contributed by atoms with Crippen molar-refractivity contribution in [2.24, 2.45) is 0 Å². The van der Waals surface area contributed by atoms with E-state index < -0.39 is 11.6 Å². The number of halogens is 2. The summed E-state index contributed by atoms with van der Waals surface area (Å²) >= 11 is 0. The van der Waals surface area contributed by atoms with Crippen molar-refractivity contribution in [3.8, 4) is 0 Å². The number of aromatic amines is 1. The summed E-state index contributed by atoms with van der Waals surface area (Å²) in [5.41, 5.74) is 1.22. The molecule has 1 heterocycles. The van der Waals surface area contributed by atoms with E-state index in [1.165, 1.54) is 6.07 Å². The van der Waals surface area contributed by atoms with Gasteiger partial charge in [0.25, 0.3) is 5.91 Å². The second-order valence-corrected chi connectivity index (χ2v) is 4.66. The van der Waals surface area contributed by atoms with E-state index in [4.69, 9.17) is 0 Å². The van der Waals surface area contributed by atoms with Crippen LogP contribution < -0.4 is 5.32 Å². The summed E-state index contributed by atoms with van der Waals surface area (Å²) in [5.74, 6) is -1.71. The minimum Gasteiger partial charge on any atom is -0.361 e. The Morgan fingerprint density at radius 2 is 1.86 bits per heavy atom.